The van der Waals surface area contributed by atoms with Crippen LogP contribution in [0.5, 0.6) is 0 Å². The molecule has 0 aliphatic carbocycles. The summed E-state index contributed by atoms with van der Waals surface area (Å²) >= 11 is 0. The SMILES string of the molecule is CCCCCCCCCCCC(=O)CC(C(C)=O)C(=O)OCCCCCC. The van der Waals surface area contributed by atoms with Gasteiger partial charge in [0.2, 0.25) is 0 Å². The summed E-state index contributed by atoms with van der Waals surface area (Å²) in [6, 6.07) is 0. The lowest BCUT2D eigenvalue weighted by Gasteiger charge is -2.13. The van der Waals surface area contributed by atoms with E-state index in [2.05, 4.69) is 13.8 Å². The van der Waals surface area contributed by atoms with Crippen molar-refractivity contribution in [1.29, 1.82) is 0 Å². The Kier molecular flexibility index (Phi) is 17.4. The number of carbonyl (C=O) groups excluding carboxylic acids is 3. The molecule has 0 bridgehead atoms. The van der Waals surface area contributed by atoms with E-state index in [1.807, 2.05) is 0 Å². The number of ether oxygens (including phenoxy) is 1. The van der Waals surface area contributed by atoms with E-state index in [-0.39, 0.29) is 18.0 Å². The van der Waals surface area contributed by atoms with Crippen LogP contribution in [0.1, 0.15) is 117 Å². The van der Waals surface area contributed by atoms with Gasteiger partial charge in [-0.3, -0.25) is 14.4 Å². The zero-order chi connectivity index (χ0) is 20.3. The number of unbranched alkanes of at least 4 members (excludes halogenated alkanes) is 11. The molecule has 0 aliphatic rings. The molecule has 0 saturated carbocycles. The summed E-state index contributed by atoms with van der Waals surface area (Å²) in [6.07, 6.45) is 15.4. The van der Waals surface area contributed by atoms with Gasteiger partial charge in [0, 0.05) is 12.8 Å². The van der Waals surface area contributed by atoms with Crippen LogP contribution in [0.4, 0.5) is 0 Å². The first-order valence-corrected chi connectivity index (χ1v) is 11.2. The van der Waals surface area contributed by atoms with E-state index < -0.39 is 11.9 Å². The average molecular weight is 383 g/mol. The normalized spacial score (nSPS) is 12.0. The van der Waals surface area contributed by atoms with Crippen LogP contribution in [0.3, 0.4) is 0 Å². The van der Waals surface area contributed by atoms with Crippen molar-refractivity contribution in [2.24, 2.45) is 5.92 Å². The van der Waals surface area contributed by atoms with Crippen LogP contribution in [-0.2, 0) is 19.1 Å². The topological polar surface area (TPSA) is 60.4 Å². The monoisotopic (exact) mass is 382 g/mol. The molecule has 0 saturated heterocycles. The van der Waals surface area contributed by atoms with Gasteiger partial charge in [0.15, 0.2) is 0 Å². The standard InChI is InChI=1S/C23H42O4/c1-4-6-8-10-11-12-13-14-15-17-21(25)19-22(20(3)24)23(26)27-18-16-9-7-5-2/h22H,4-19H2,1-3H3. The Hall–Kier alpha value is -1.19. The minimum Gasteiger partial charge on any atom is -0.465 e. The fourth-order valence-electron chi connectivity index (χ4n) is 3.16. The van der Waals surface area contributed by atoms with Crippen LogP contribution in [-0.4, -0.2) is 24.1 Å². The highest BCUT2D eigenvalue weighted by molar-refractivity contribution is 6.01. The summed E-state index contributed by atoms with van der Waals surface area (Å²) in [5.74, 6) is -1.71. The number of ketones is 2. The average Bonchev–Trinajstić information content (AvgIpc) is 2.64. The molecule has 0 aromatic heterocycles. The van der Waals surface area contributed by atoms with E-state index in [1.165, 1.54) is 45.4 Å². The number of carbonyl (C=O) groups is 3. The van der Waals surface area contributed by atoms with Crippen LogP contribution >= 0.6 is 0 Å². The third kappa shape index (κ3) is 15.6. The third-order valence-corrected chi connectivity index (χ3v) is 5.01. The lowest BCUT2D eigenvalue weighted by Crippen LogP contribution is -2.27. The van der Waals surface area contributed by atoms with Gasteiger partial charge in [-0.1, -0.05) is 84.5 Å². The van der Waals surface area contributed by atoms with E-state index >= 15 is 0 Å². The molecule has 0 spiro atoms. The molecule has 1 atom stereocenters. The maximum atomic E-state index is 12.1. The van der Waals surface area contributed by atoms with Crippen molar-refractivity contribution in [2.45, 2.75) is 117 Å². The summed E-state index contributed by atoms with van der Waals surface area (Å²) < 4.78 is 5.20. The van der Waals surface area contributed by atoms with Gasteiger partial charge in [-0.2, -0.15) is 0 Å². The molecule has 0 N–H and O–H groups in total. The summed E-state index contributed by atoms with van der Waals surface area (Å²) in [6.45, 7) is 6.06. The van der Waals surface area contributed by atoms with Crippen LogP contribution in [0.15, 0.2) is 0 Å². The molecule has 0 amide bonds. The highest BCUT2D eigenvalue weighted by Crippen LogP contribution is 2.14. The number of hydrogen-bond donors (Lipinski definition) is 0. The molecule has 4 nitrogen and oxygen atoms in total. The second-order valence-electron chi connectivity index (χ2n) is 7.71. The van der Waals surface area contributed by atoms with Crippen molar-refractivity contribution in [1.82, 2.24) is 0 Å². The van der Waals surface area contributed by atoms with Crippen LogP contribution in [0.25, 0.3) is 0 Å². The Labute approximate surface area is 166 Å². The first-order chi connectivity index (χ1) is 13.0. The third-order valence-electron chi connectivity index (χ3n) is 5.01. The predicted molar refractivity (Wildman–Crippen MR) is 111 cm³/mol. The fourth-order valence-corrected chi connectivity index (χ4v) is 3.16. The van der Waals surface area contributed by atoms with Crippen molar-refractivity contribution >= 4 is 17.5 Å². The number of hydrogen-bond acceptors (Lipinski definition) is 4. The number of rotatable bonds is 19. The number of Topliss-reactive ketones (excluding diaryl/α,β-unsaturated/α-hetero) is 2. The molecule has 0 heterocycles. The first kappa shape index (κ1) is 25.8. The minimum absolute atomic E-state index is 0.000143. The Morgan fingerprint density at radius 3 is 1.70 bits per heavy atom. The van der Waals surface area contributed by atoms with Gasteiger partial charge in [0.1, 0.15) is 17.5 Å². The molecule has 0 fully saturated rings. The minimum atomic E-state index is -0.915. The fraction of sp³-hybridized carbons (Fsp3) is 0.870. The summed E-state index contributed by atoms with van der Waals surface area (Å²) in [5.41, 5.74) is 0. The van der Waals surface area contributed by atoms with E-state index in [0.717, 1.165) is 44.9 Å². The zero-order valence-electron chi connectivity index (χ0n) is 18.0. The predicted octanol–water partition coefficient (Wildman–Crippen LogP) is 6.20. The van der Waals surface area contributed by atoms with Crippen LogP contribution in [0.2, 0.25) is 0 Å². The lowest BCUT2D eigenvalue weighted by molar-refractivity contribution is -0.153. The molecule has 0 aromatic carbocycles. The van der Waals surface area contributed by atoms with Crippen molar-refractivity contribution in [2.75, 3.05) is 6.61 Å². The Balaban J connectivity index is 3.88. The quantitative estimate of drug-likeness (QED) is 0.152. The Morgan fingerprint density at radius 2 is 1.19 bits per heavy atom. The number of esters is 1. The maximum absolute atomic E-state index is 12.1. The molecule has 0 aromatic rings. The van der Waals surface area contributed by atoms with Gasteiger partial charge in [0.25, 0.3) is 0 Å². The van der Waals surface area contributed by atoms with E-state index in [0.29, 0.717) is 13.0 Å². The van der Waals surface area contributed by atoms with Crippen molar-refractivity contribution in [3.05, 3.63) is 0 Å². The molecule has 0 aliphatic heterocycles. The van der Waals surface area contributed by atoms with Gasteiger partial charge < -0.3 is 4.74 Å². The first-order valence-electron chi connectivity index (χ1n) is 11.2. The van der Waals surface area contributed by atoms with Gasteiger partial charge in [-0.05, 0) is 19.8 Å². The summed E-state index contributed by atoms with van der Waals surface area (Å²) in [7, 11) is 0. The largest absolute Gasteiger partial charge is 0.465 e. The molecule has 0 rings (SSSR count). The van der Waals surface area contributed by atoms with Crippen LogP contribution in [0, 0.1) is 5.92 Å². The van der Waals surface area contributed by atoms with E-state index in [9.17, 15) is 14.4 Å². The lowest BCUT2D eigenvalue weighted by atomic mass is 9.96. The van der Waals surface area contributed by atoms with Crippen molar-refractivity contribution < 1.29 is 19.1 Å². The van der Waals surface area contributed by atoms with Gasteiger partial charge in [-0.15, -0.1) is 0 Å². The highest BCUT2D eigenvalue weighted by Gasteiger charge is 2.27. The maximum Gasteiger partial charge on any atom is 0.316 e. The summed E-state index contributed by atoms with van der Waals surface area (Å²) in [5, 5.41) is 0. The summed E-state index contributed by atoms with van der Waals surface area (Å²) in [4.78, 5) is 35.9. The van der Waals surface area contributed by atoms with Crippen molar-refractivity contribution in [3.63, 3.8) is 0 Å². The van der Waals surface area contributed by atoms with E-state index in [4.69, 9.17) is 4.74 Å². The Morgan fingerprint density at radius 1 is 0.704 bits per heavy atom. The molecular weight excluding hydrogens is 340 g/mol. The van der Waals surface area contributed by atoms with Gasteiger partial charge in [0.05, 0.1) is 6.61 Å². The molecule has 0 radical (unpaired) electrons. The molecular formula is C23H42O4. The van der Waals surface area contributed by atoms with Crippen LogP contribution < -0.4 is 0 Å². The molecule has 4 heteroatoms. The Bertz CT molecular complexity index is 403. The van der Waals surface area contributed by atoms with Gasteiger partial charge >= 0.3 is 5.97 Å². The molecule has 27 heavy (non-hydrogen) atoms. The molecule has 1 unspecified atom stereocenters. The second kappa shape index (κ2) is 18.2. The highest BCUT2D eigenvalue weighted by atomic mass is 16.5. The van der Waals surface area contributed by atoms with E-state index in [1.54, 1.807) is 0 Å². The zero-order valence-corrected chi connectivity index (χ0v) is 18.0. The van der Waals surface area contributed by atoms with Crippen molar-refractivity contribution in [3.8, 4) is 0 Å². The smallest absolute Gasteiger partial charge is 0.316 e. The van der Waals surface area contributed by atoms with Gasteiger partial charge in [-0.25, -0.2) is 0 Å². The second-order valence-corrected chi connectivity index (χ2v) is 7.71. The molecule has 158 valence electrons.